The van der Waals surface area contributed by atoms with Crippen molar-refractivity contribution in [1.29, 1.82) is 0 Å². The molecule has 0 aliphatic rings. The van der Waals surface area contributed by atoms with Crippen molar-refractivity contribution in [3.8, 4) is 0 Å². The van der Waals surface area contributed by atoms with Gasteiger partial charge in [0.05, 0.1) is 12.6 Å². The minimum atomic E-state index is -2.71. The van der Waals surface area contributed by atoms with E-state index in [-0.39, 0.29) is 6.04 Å². The molecule has 2 rings (SSSR count). The van der Waals surface area contributed by atoms with Crippen molar-refractivity contribution in [2.24, 2.45) is 5.73 Å². The van der Waals surface area contributed by atoms with Crippen molar-refractivity contribution >= 4 is 12.7 Å². The van der Waals surface area contributed by atoms with E-state index in [1.54, 1.807) is 6.66 Å². The van der Waals surface area contributed by atoms with Gasteiger partial charge in [0.25, 0.3) is 0 Å². The fourth-order valence-corrected chi connectivity index (χ4v) is 3.46. The van der Waals surface area contributed by atoms with Crippen molar-refractivity contribution in [2.75, 3.05) is 13.3 Å². The molecule has 0 heterocycles. The zero-order chi connectivity index (χ0) is 14.6. The molecule has 4 heteroatoms. The van der Waals surface area contributed by atoms with Crippen molar-refractivity contribution in [2.45, 2.75) is 13.0 Å². The van der Waals surface area contributed by atoms with Gasteiger partial charge in [0, 0.05) is 12.0 Å². The molecule has 20 heavy (non-hydrogen) atoms. The Morgan fingerprint density at radius 2 is 1.60 bits per heavy atom. The summed E-state index contributed by atoms with van der Waals surface area (Å²) in [5.41, 5.74) is 8.29. The zero-order valence-corrected chi connectivity index (χ0v) is 12.7. The molecule has 2 aromatic rings. The summed E-state index contributed by atoms with van der Waals surface area (Å²) in [6, 6.07) is 17.3. The topological polar surface area (TPSA) is 52.3 Å². The molecule has 0 saturated carbocycles. The Hall–Kier alpha value is -1.41. The van der Waals surface area contributed by atoms with Gasteiger partial charge < -0.3 is 10.3 Å². The fraction of sp³-hybridized carbons (Fsp3) is 0.250. The van der Waals surface area contributed by atoms with E-state index in [9.17, 15) is 4.57 Å². The molecule has 0 aromatic heterocycles. The van der Waals surface area contributed by atoms with E-state index in [1.165, 1.54) is 0 Å². The van der Waals surface area contributed by atoms with E-state index in [4.69, 9.17) is 10.3 Å². The van der Waals surface area contributed by atoms with Crippen LogP contribution in [0.25, 0.3) is 0 Å². The maximum absolute atomic E-state index is 12.3. The SMILES string of the molecule is CCOP(C)(=O)c1ccc([C@@H](N)c2ccccc2)cc1. The molecule has 106 valence electrons. The van der Waals surface area contributed by atoms with Crippen molar-refractivity contribution in [3.63, 3.8) is 0 Å². The monoisotopic (exact) mass is 289 g/mol. The molecular formula is C16H20NO2P. The summed E-state index contributed by atoms with van der Waals surface area (Å²) in [5, 5.41) is 0.725. The Labute approximate surface area is 120 Å². The number of benzene rings is 2. The average molecular weight is 289 g/mol. The zero-order valence-electron chi connectivity index (χ0n) is 11.8. The summed E-state index contributed by atoms with van der Waals surface area (Å²) in [7, 11) is -2.71. The van der Waals surface area contributed by atoms with Gasteiger partial charge in [-0.15, -0.1) is 0 Å². The van der Waals surface area contributed by atoms with Crippen LogP contribution in [0, 0.1) is 0 Å². The molecule has 0 radical (unpaired) electrons. The number of hydrogen-bond donors (Lipinski definition) is 1. The van der Waals surface area contributed by atoms with Crippen LogP contribution in [0.2, 0.25) is 0 Å². The first-order valence-electron chi connectivity index (χ1n) is 6.67. The minimum Gasteiger partial charge on any atom is -0.326 e. The fourth-order valence-electron chi connectivity index (χ4n) is 2.13. The lowest BCUT2D eigenvalue weighted by Crippen LogP contribution is -2.13. The van der Waals surface area contributed by atoms with E-state index >= 15 is 0 Å². The van der Waals surface area contributed by atoms with E-state index < -0.39 is 7.37 Å². The first kappa shape index (κ1) is 15.0. The van der Waals surface area contributed by atoms with Gasteiger partial charge in [0.15, 0.2) is 0 Å². The highest BCUT2D eigenvalue weighted by Crippen LogP contribution is 2.41. The van der Waals surface area contributed by atoms with Gasteiger partial charge in [-0.25, -0.2) is 0 Å². The van der Waals surface area contributed by atoms with Gasteiger partial charge in [-0.2, -0.15) is 0 Å². The molecule has 3 nitrogen and oxygen atoms in total. The predicted molar refractivity (Wildman–Crippen MR) is 83.7 cm³/mol. The quantitative estimate of drug-likeness (QED) is 0.859. The highest BCUT2D eigenvalue weighted by atomic mass is 31.2. The van der Waals surface area contributed by atoms with Crippen molar-refractivity contribution in [3.05, 3.63) is 65.7 Å². The highest BCUT2D eigenvalue weighted by molar-refractivity contribution is 7.66. The van der Waals surface area contributed by atoms with Crippen LogP contribution in [0.15, 0.2) is 54.6 Å². The molecule has 2 atom stereocenters. The molecule has 0 bridgehead atoms. The molecule has 0 fully saturated rings. The normalized spacial score (nSPS) is 15.6. The Balaban J connectivity index is 2.23. The Bertz CT molecular complexity index is 596. The van der Waals surface area contributed by atoms with Crippen LogP contribution in [0.3, 0.4) is 0 Å². The van der Waals surface area contributed by atoms with Crippen LogP contribution in [-0.2, 0) is 9.09 Å². The van der Waals surface area contributed by atoms with Crippen LogP contribution in [0.4, 0.5) is 0 Å². The van der Waals surface area contributed by atoms with Crippen LogP contribution >= 0.6 is 7.37 Å². The summed E-state index contributed by atoms with van der Waals surface area (Å²) >= 11 is 0. The van der Waals surface area contributed by atoms with Crippen LogP contribution < -0.4 is 11.0 Å². The molecule has 0 spiro atoms. The smallest absolute Gasteiger partial charge is 0.229 e. The first-order chi connectivity index (χ1) is 9.54. The first-order valence-corrected chi connectivity index (χ1v) is 8.75. The Kier molecular flexibility index (Phi) is 4.77. The molecule has 0 amide bonds. The average Bonchev–Trinajstić information content (AvgIpc) is 2.47. The lowest BCUT2D eigenvalue weighted by molar-refractivity contribution is 0.345. The van der Waals surface area contributed by atoms with Gasteiger partial charge in [-0.05, 0) is 30.2 Å². The third-order valence-corrected chi connectivity index (χ3v) is 5.24. The van der Waals surface area contributed by atoms with Gasteiger partial charge in [-0.1, -0.05) is 42.5 Å². The number of rotatable bonds is 5. The molecule has 2 N–H and O–H groups in total. The van der Waals surface area contributed by atoms with Gasteiger partial charge in [0.1, 0.15) is 0 Å². The standard InChI is InChI=1S/C16H20NO2P/c1-3-19-20(2,18)15-11-9-14(10-12-15)16(17)13-7-5-4-6-8-13/h4-12,16H,3,17H2,1-2H3/t16-,20?/m0/s1. The van der Waals surface area contributed by atoms with E-state index in [0.717, 1.165) is 16.4 Å². The second-order valence-corrected chi connectivity index (χ2v) is 7.21. The van der Waals surface area contributed by atoms with Crippen molar-refractivity contribution in [1.82, 2.24) is 0 Å². The minimum absolute atomic E-state index is 0.173. The van der Waals surface area contributed by atoms with Gasteiger partial charge in [0.2, 0.25) is 7.37 Å². The molecule has 0 aliphatic heterocycles. The van der Waals surface area contributed by atoms with E-state index in [0.29, 0.717) is 6.61 Å². The van der Waals surface area contributed by atoms with E-state index in [2.05, 4.69) is 0 Å². The lowest BCUT2D eigenvalue weighted by Gasteiger charge is -2.16. The second kappa shape index (κ2) is 6.36. The van der Waals surface area contributed by atoms with Crippen LogP contribution in [-0.4, -0.2) is 13.3 Å². The second-order valence-electron chi connectivity index (χ2n) is 4.74. The number of hydrogen-bond acceptors (Lipinski definition) is 3. The molecule has 1 unspecified atom stereocenters. The number of nitrogens with two attached hydrogens (primary N) is 1. The molecule has 0 saturated heterocycles. The summed E-state index contributed by atoms with van der Waals surface area (Å²) in [6.07, 6.45) is 0. The van der Waals surface area contributed by atoms with E-state index in [1.807, 2.05) is 61.5 Å². The summed E-state index contributed by atoms with van der Waals surface area (Å²) in [6.45, 7) is 3.93. The molecular weight excluding hydrogens is 269 g/mol. The summed E-state index contributed by atoms with van der Waals surface area (Å²) in [5.74, 6) is 0. The van der Waals surface area contributed by atoms with Gasteiger partial charge >= 0.3 is 0 Å². The maximum atomic E-state index is 12.3. The van der Waals surface area contributed by atoms with Crippen molar-refractivity contribution < 1.29 is 9.09 Å². The third kappa shape index (κ3) is 3.37. The Morgan fingerprint density at radius 3 is 2.15 bits per heavy atom. The Morgan fingerprint density at radius 1 is 1.05 bits per heavy atom. The third-order valence-electron chi connectivity index (χ3n) is 3.26. The molecule has 2 aromatic carbocycles. The van der Waals surface area contributed by atoms with Gasteiger partial charge in [-0.3, -0.25) is 4.57 Å². The molecule has 0 aliphatic carbocycles. The predicted octanol–water partition coefficient (Wildman–Crippen LogP) is 3.30. The highest BCUT2D eigenvalue weighted by Gasteiger charge is 2.18. The lowest BCUT2D eigenvalue weighted by atomic mass is 10.00. The maximum Gasteiger partial charge on any atom is 0.229 e. The van der Waals surface area contributed by atoms with Crippen LogP contribution in [0.1, 0.15) is 24.1 Å². The van der Waals surface area contributed by atoms with Crippen LogP contribution in [0.5, 0.6) is 0 Å². The summed E-state index contributed by atoms with van der Waals surface area (Å²) in [4.78, 5) is 0. The summed E-state index contributed by atoms with van der Waals surface area (Å²) < 4.78 is 17.6. The largest absolute Gasteiger partial charge is 0.326 e.